The van der Waals surface area contributed by atoms with Crippen molar-refractivity contribution in [2.45, 2.75) is 13.3 Å². The zero-order valence-corrected chi connectivity index (χ0v) is 6.95. The Kier molecular flexibility index (Phi) is 2.69. The molecule has 3 nitrogen and oxygen atoms in total. The van der Waals surface area contributed by atoms with Crippen LogP contribution in [0.1, 0.15) is 22.6 Å². The van der Waals surface area contributed by atoms with Gasteiger partial charge in [0.25, 0.3) is 0 Å². The minimum Gasteiger partial charge on any atom is -0.292 e. The number of aryl methyl sites for hydroxylation is 1. The highest BCUT2D eigenvalue weighted by molar-refractivity contribution is 5.95. The fourth-order valence-electron chi connectivity index (χ4n) is 0.909. The lowest BCUT2D eigenvalue weighted by Gasteiger charge is -1.98. The van der Waals surface area contributed by atoms with Crippen LogP contribution in [-0.4, -0.2) is 15.8 Å². The van der Waals surface area contributed by atoms with Gasteiger partial charge in [-0.3, -0.25) is 9.78 Å². The van der Waals surface area contributed by atoms with E-state index in [1.165, 1.54) is 6.20 Å². The van der Waals surface area contributed by atoms with E-state index < -0.39 is 0 Å². The molecule has 0 amide bonds. The summed E-state index contributed by atoms with van der Waals surface area (Å²) in [4.78, 5) is 19.2. The molecule has 0 aliphatic heterocycles. The van der Waals surface area contributed by atoms with Crippen molar-refractivity contribution in [2.24, 2.45) is 0 Å². The second kappa shape index (κ2) is 3.76. The Bertz CT molecular complexity index is 307. The fourth-order valence-corrected chi connectivity index (χ4v) is 0.909. The van der Waals surface area contributed by atoms with E-state index >= 15 is 0 Å². The van der Waals surface area contributed by atoms with Crippen molar-refractivity contribution in [3.8, 4) is 0 Å². The molecule has 0 atom stereocenters. The molecule has 1 rings (SSSR count). The number of ketones is 1. The van der Waals surface area contributed by atoms with Crippen LogP contribution in [0.2, 0.25) is 0 Å². The molecule has 12 heavy (non-hydrogen) atoms. The highest BCUT2D eigenvalue weighted by atomic mass is 16.1. The molecule has 0 N–H and O–H groups in total. The number of aromatic nitrogens is 2. The van der Waals surface area contributed by atoms with Crippen LogP contribution in [0.4, 0.5) is 0 Å². The van der Waals surface area contributed by atoms with Crippen LogP contribution in [0.25, 0.3) is 0 Å². The van der Waals surface area contributed by atoms with Crippen LogP contribution in [0.5, 0.6) is 0 Å². The van der Waals surface area contributed by atoms with Crippen molar-refractivity contribution >= 4 is 5.78 Å². The normalized spacial score (nSPS) is 9.42. The molecule has 0 bridgehead atoms. The summed E-state index contributed by atoms with van der Waals surface area (Å²) in [6.45, 7) is 5.25. The summed E-state index contributed by atoms with van der Waals surface area (Å²) in [5, 5.41) is 0. The summed E-state index contributed by atoms with van der Waals surface area (Å²) >= 11 is 0. The molecule has 0 saturated carbocycles. The molecule has 0 saturated heterocycles. The molecule has 1 aromatic rings. The molecular formula is C9H10N2O. The number of allylic oxidation sites excluding steroid dienone is 1. The van der Waals surface area contributed by atoms with Gasteiger partial charge in [0, 0.05) is 18.8 Å². The van der Waals surface area contributed by atoms with Crippen molar-refractivity contribution in [3.63, 3.8) is 0 Å². The summed E-state index contributed by atoms with van der Waals surface area (Å²) in [5.74, 6) is -0.0319. The summed E-state index contributed by atoms with van der Waals surface area (Å²) in [7, 11) is 0. The molecule has 1 heterocycles. The third-order valence-electron chi connectivity index (χ3n) is 1.48. The van der Waals surface area contributed by atoms with Crippen molar-refractivity contribution in [3.05, 3.63) is 36.4 Å². The van der Waals surface area contributed by atoms with Gasteiger partial charge in [-0.15, -0.1) is 6.58 Å². The van der Waals surface area contributed by atoms with Crippen molar-refractivity contribution in [1.29, 1.82) is 0 Å². The molecule has 0 aromatic carbocycles. The Hall–Kier alpha value is -1.51. The summed E-state index contributed by atoms with van der Waals surface area (Å²) in [6, 6.07) is 0. The van der Waals surface area contributed by atoms with Gasteiger partial charge in [0.2, 0.25) is 0 Å². The highest BCUT2D eigenvalue weighted by Crippen LogP contribution is 2.03. The van der Waals surface area contributed by atoms with Gasteiger partial charge in [-0.25, -0.2) is 4.98 Å². The maximum absolute atomic E-state index is 11.3. The van der Waals surface area contributed by atoms with E-state index in [-0.39, 0.29) is 5.78 Å². The van der Waals surface area contributed by atoms with Crippen molar-refractivity contribution < 1.29 is 4.79 Å². The number of nitrogens with zero attached hydrogens (tertiary/aromatic N) is 2. The first-order chi connectivity index (χ1) is 5.75. The van der Waals surface area contributed by atoms with Crippen LogP contribution < -0.4 is 0 Å². The van der Waals surface area contributed by atoms with Gasteiger partial charge in [0.15, 0.2) is 5.78 Å². The van der Waals surface area contributed by atoms with Crippen LogP contribution >= 0.6 is 0 Å². The average Bonchev–Trinajstić information content (AvgIpc) is 2.05. The molecular weight excluding hydrogens is 152 g/mol. The number of carbonyl (C=O) groups is 1. The van der Waals surface area contributed by atoms with E-state index in [1.807, 2.05) is 0 Å². The lowest BCUT2D eigenvalue weighted by atomic mass is 10.2. The molecule has 3 heteroatoms. The SMILES string of the molecule is C=CCC(=O)c1nccnc1C. The number of hydrogen-bond acceptors (Lipinski definition) is 3. The van der Waals surface area contributed by atoms with Gasteiger partial charge < -0.3 is 0 Å². The van der Waals surface area contributed by atoms with E-state index in [9.17, 15) is 4.79 Å². The molecule has 0 unspecified atom stereocenters. The van der Waals surface area contributed by atoms with Gasteiger partial charge in [-0.2, -0.15) is 0 Å². The monoisotopic (exact) mass is 162 g/mol. The standard InChI is InChI=1S/C9H10N2O/c1-3-4-8(12)9-7(2)10-5-6-11-9/h3,5-6H,1,4H2,2H3. The smallest absolute Gasteiger partial charge is 0.186 e. The van der Waals surface area contributed by atoms with Crippen LogP contribution in [0.3, 0.4) is 0 Å². The van der Waals surface area contributed by atoms with Gasteiger partial charge in [-0.05, 0) is 6.92 Å². The van der Waals surface area contributed by atoms with E-state index in [0.29, 0.717) is 17.8 Å². The van der Waals surface area contributed by atoms with Crippen LogP contribution in [0, 0.1) is 6.92 Å². The average molecular weight is 162 g/mol. The van der Waals surface area contributed by atoms with Crippen LogP contribution in [0.15, 0.2) is 25.0 Å². The van der Waals surface area contributed by atoms with Gasteiger partial charge in [-0.1, -0.05) is 6.08 Å². The zero-order valence-electron chi connectivity index (χ0n) is 6.95. The lowest BCUT2D eigenvalue weighted by molar-refractivity contribution is 0.0990. The van der Waals surface area contributed by atoms with Gasteiger partial charge >= 0.3 is 0 Å². The number of rotatable bonds is 3. The van der Waals surface area contributed by atoms with E-state index in [1.54, 1.807) is 19.2 Å². The Balaban J connectivity index is 2.94. The van der Waals surface area contributed by atoms with Crippen molar-refractivity contribution in [2.75, 3.05) is 0 Å². The number of hydrogen-bond donors (Lipinski definition) is 0. The predicted octanol–water partition coefficient (Wildman–Crippen LogP) is 1.54. The molecule has 0 spiro atoms. The lowest BCUT2D eigenvalue weighted by Crippen LogP contribution is -2.04. The quantitative estimate of drug-likeness (QED) is 0.500. The molecule has 0 fully saturated rings. The van der Waals surface area contributed by atoms with Gasteiger partial charge in [0.1, 0.15) is 5.69 Å². The number of carbonyl (C=O) groups excluding carboxylic acids is 1. The minimum absolute atomic E-state index is 0.0319. The second-order valence-electron chi connectivity index (χ2n) is 2.41. The Labute approximate surface area is 71.2 Å². The molecule has 0 radical (unpaired) electrons. The summed E-state index contributed by atoms with van der Waals surface area (Å²) in [6.07, 6.45) is 4.97. The highest BCUT2D eigenvalue weighted by Gasteiger charge is 2.08. The first kappa shape index (κ1) is 8.59. The van der Waals surface area contributed by atoms with Gasteiger partial charge in [0.05, 0.1) is 5.69 Å². The van der Waals surface area contributed by atoms with E-state index in [0.717, 1.165) is 0 Å². The fraction of sp³-hybridized carbons (Fsp3) is 0.222. The van der Waals surface area contributed by atoms with E-state index in [2.05, 4.69) is 16.5 Å². The van der Waals surface area contributed by atoms with Crippen LogP contribution in [-0.2, 0) is 0 Å². The maximum Gasteiger partial charge on any atom is 0.186 e. The Morgan fingerprint density at radius 3 is 2.83 bits per heavy atom. The molecule has 0 aliphatic carbocycles. The minimum atomic E-state index is -0.0319. The third-order valence-corrected chi connectivity index (χ3v) is 1.48. The Morgan fingerprint density at radius 1 is 1.58 bits per heavy atom. The molecule has 62 valence electrons. The topological polar surface area (TPSA) is 42.9 Å². The summed E-state index contributed by atoms with van der Waals surface area (Å²) < 4.78 is 0. The first-order valence-corrected chi connectivity index (χ1v) is 3.67. The maximum atomic E-state index is 11.3. The Morgan fingerprint density at radius 2 is 2.25 bits per heavy atom. The third kappa shape index (κ3) is 1.75. The summed E-state index contributed by atoms with van der Waals surface area (Å²) in [5.41, 5.74) is 1.11. The first-order valence-electron chi connectivity index (χ1n) is 3.67. The molecule has 0 aliphatic rings. The largest absolute Gasteiger partial charge is 0.292 e. The van der Waals surface area contributed by atoms with Crippen molar-refractivity contribution in [1.82, 2.24) is 9.97 Å². The zero-order chi connectivity index (χ0) is 8.97. The second-order valence-corrected chi connectivity index (χ2v) is 2.41. The predicted molar refractivity (Wildman–Crippen MR) is 45.9 cm³/mol. The molecule has 1 aromatic heterocycles. The number of Topliss-reactive ketones (excluding diaryl/α,β-unsaturated/α-hetero) is 1. The van der Waals surface area contributed by atoms with E-state index in [4.69, 9.17) is 0 Å².